The Morgan fingerprint density at radius 3 is 3.31 bits per heavy atom. The van der Waals surface area contributed by atoms with Crippen molar-refractivity contribution in [2.45, 2.75) is 31.8 Å². The third kappa shape index (κ3) is 2.42. The lowest BCUT2D eigenvalue weighted by Gasteiger charge is -2.16. The molecule has 0 aromatic carbocycles. The van der Waals surface area contributed by atoms with Crippen LogP contribution < -0.4 is 5.32 Å². The van der Waals surface area contributed by atoms with Crippen LogP contribution in [0.1, 0.15) is 25.0 Å². The minimum atomic E-state index is 0.519. The fourth-order valence-electron chi connectivity index (χ4n) is 1.55. The van der Waals surface area contributed by atoms with Crippen molar-refractivity contribution < 1.29 is 4.52 Å². The van der Waals surface area contributed by atoms with Crippen LogP contribution in [0, 0.1) is 0 Å². The highest BCUT2D eigenvalue weighted by Crippen LogP contribution is 2.10. The Labute approximate surface area is 77.8 Å². The maximum absolute atomic E-state index is 4.75. The van der Waals surface area contributed by atoms with E-state index >= 15 is 0 Å². The monoisotopic (exact) mass is 178 g/mol. The van der Waals surface area contributed by atoms with Gasteiger partial charge in [-0.1, -0.05) is 17.3 Å². The number of aromatic nitrogens is 1. The van der Waals surface area contributed by atoms with E-state index in [4.69, 9.17) is 4.52 Å². The molecule has 0 aliphatic heterocycles. The summed E-state index contributed by atoms with van der Waals surface area (Å²) in [6, 6.07) is 2.41. The van der Waals surface area contributed by atoms with Gasteiger partial charge >= 0.3 is 0 Å². The van der Waals surface area contributed by atoms with E-state index < -0.39 is 0 Å². The van der Waals surface area contributed by atoms with Gasteiger partial charge in [0.05, 0.1) is 5.69 Å². The molecular formula is C10H14N2O. The second kappa shape index (κ2) is 4.23. The van der Waals surface area contributed by atoms with E-state index in [1.54, 1.807) is 6.26 Å². The molecule has 0 fully saturated rings. The number of hydrogen-bond donors (Lipinski definition) is 1. The van der Waals surface area contributed by atoms with Crippen LogP contribution in [0.3, 0.4) is 0 Å². The highest BCUT2D eigenvalue weighted by molar-refractivity contribution is 5.00. The second-order valence-electron chi connectivity index (χ2n) is 3.34. The number of allylic oxidation sites excluding steroid dienone is 1. The first-order chi connectivity index (χ1) is 6.45. The lowest BCUT2D eigenvalue weighted by molar-refractivity contribution is 0.405. The van der Waals surface area contributed by atoms with E-state index in [1.807, 2.05) is 6.07 Å². The molecule has 1 aromatic rings. The van der Waals surface area contributed by atoms with Crippen molar-refractivity contribution in [2.75, 3.05) is 0 Å². The quantitative estimate of drug-likeness (QED) is 0.718. The minimum absolute atomic E-state index is 0.519. The molecule has 1 aromatic heterocycles. The van der Waals surface area contributed by atoms with Gasteiger partial charge in [0.15, 0.2) is 0 Å². The molecule has 1 N–H and O–H groups in total. The Kier molecular flexibility index (Phi) is 2.77. The molecule has 1 atom stereocenters. The summed E-state index contributed by atoms with van der Waals surface area (Å²) in [5, 5.41) is 7.25. The summed E-state index contributed by atoms with van der Waals surface area (Å²) in [5.41, 5.74) is 0.971. The van der Waals surface area contributed by atoms with Crippen molar-refractivity contribution in [3.63, 3.8) is 0 Å². The van der Waals surface area contributed by atoms with Gasteiger partial charge in [0.25, 0.3) is 0 Å². The molecule has 0 bridgehead atoms. The molecule has 1 aliphatic rings. The molecular weight excluding hydrogens is 164 g/mol. The summed E-state index contributed by atoms with van der Waals surface area (Å²) in [7, 11) is 0. The first-order valence-corrected chi connectivity index (χ1v) is 4.74. The van der Waals surface area contributed by atoms with Gasteiger partial charge in [0.2, 0.25) is 0 Å². The van der Waals surface area contributed by atoms with E-state index in [0.717, 1.165) is 12.2 Å². The number of rotatable bonds is 3. The van der Waals surface area contributed by atoms with E-state index in [0.29, 0.717) is 6.04 Å². The zero-order valence-electron chi connectivity index (χ0n) is 7.57. The standard InChI is InChI=1S/C10H14N2O/c1-2-4-9(5-3-1)11-8-10-6-7-13-12-10/h2,4,6-7,9,11H,1,3,5,8H2. The van der Waals surface area contributed by atoms with Gasteiger partial charge in [-0.3, -0.25) is 0 Å². The summed E-state index contributed by atoms with van der Waals surface area (Å²) >= 11 is 0. The van der Waals surface area contributed by atoms with E-state index in [2.05, 4.69) is 22.6 Å². The molecule has 3 nitrogen and oxygen atoms in total. The van der Waals surface area contributed by atoms with Crippen LogP contribution in [0.5, 0.6) is 0 Å². The van der Waals surface area contributed by atoms with E-state index in [9.17, 15) is 0 Å². The van der Waals surface area contributed by atoms with Gasteiger partial charge in [-0.05, 0) is 19.3 Å². The maximum Gasteiger partial charge on any atom is 0.124 e. The maximum atomic E-state index is 4.75. The van der Waals surface area contributed by atoms with Crippen LogP contribution in [0.2, 0.25) is 0 Å². The van der Waals surface area contributed by atoms with Crippen LogP contribution in [-0.4, -0.2) is 11.2 Å². The third-order valence-electron chi connectivity index (χ3n) is 2.29. The lowest BCUT2D eigenvalue weighted by atomic mass is 10.0. The smallest absolute Gasteiger partial charge is 0.124 e. The van der Waals surface area contributed by atoms with Gasteiger partial charge < -0.3 is 9.84 Å². The van der Waals surface area contributed by atoms with Crippen molar-refractivity contribution in [1.29, 1.82) is 0 Å². The van der Waals surface area contributed by atoms with Gasteiger partial charge in [-0.25, -0.2) is 0 Å². The third-order valence-corrected chi connectivity index (χ3v) is 2.29. The number of hydrogen-bond acceptors (Lipinski definition) is 3. The van der Waals surface area contributed by atoms with Crippen LogP contribution in [-0.2, 0) is 6.54 Å². The molecule has 1 unspecified atom stereocenters. The molecule has 0 radical (unpaired) electrons. The first-order valence-electron chi connectivity index (χ1n) is 4.74. The van der Waals surface area contributed by atoms with Crippen molar-refractivity contribution in [3.8, 4) is 0 Å². The Morgan fingerprint density at radius 2 is 2.62 bits per heavy atom. The second-order valence-corrected chi connectivity index (χ2v) is 3.34. The molecule has 2 rings (SSSR count). The van der Waals surface area contributed by atoms with Crippen molar-refractivity contribution >= 4 is 0 Å². The predicted molar refractivity (Wildman–Crippen MR) is 50.1 cm³/mol. The van der Waals surface area contributed by atoms with Gasteiger partial charge in [0, 0.05) is 18.7 Å². The molecule has 0 amide bonds. The Balaban J connectivity index is 1.79. The highest BCUT2D eigenvalue weighted by Gasteiger charge is 2.07. The van der Waals surface area contributed by atoms with Gasteiger partial charge in [-0.2, -0.15) is 0 Å². The fourth-order valence-corrected chi connectivity index (χ4v) is 1.55. The highest BCUT2D eigenvalue weighted by atomic mass is 16.5. The molecule has 0 spiro atoms. The molecule has 3 heteroatoms. The summed E-state index contributed by atoms with van der Waals surface area (Å²) in [5.74, 6) is 0. The van der Waals surface area contributed by atoms with Crippen LogP contribution in [0.25, 0.3) is 0 Å². The largest absolute Gasteiger partial charge is 0.364 e. The average molecular weight is 178 g/mol. The summed E-state index contributed by atoms with van der Waals surface area (Å²) < 4.78 is 4.75. The molecule has 13 heavy (non-hydrogen) atoms. The van der Waals surface area contributed by atoms with Crippen LogP contribution in [0.4, 0.5) is 0 Å². The number of nitrogens with one attached hydrogen (secondary N) is 1. The molecule has 1 heterocycles. The Morgan fingerprint density at radius 1 is 1.62 bits per heavy atom. The zero-order chi connectivity index (χ0) is 8.93. The molecule has 0 saturated heterocycles. The summed E-state index contributed by atoms with van der Waals surface area (Å²) in [6.07, 6.45) is 9.82. The Hall–Kier alpha value is -1.09. The average Bonchev–Trinajstić information content (AvgIpc) is 2.69. The minimum Gasteiger partial charge on any atom is -0.364 e. The predicted octanol–water partition coefficient (Wildman–Crippen LogP) is 1.87. The topological polar surface area (TPSA) is 38.1 Å². The SMILES string of the molecule is C1=CC(NCc2ccon2)CCC1. The fraction of sp³-hybridized carbons (Fsp3) is 0.500. The number of nitrogens with zero attached hydrogens (tertiary/aromatic N) is 1. The van der Waals surface area contributed by atoms with Crippen LogP contribution in [0.15, 0.2) is 29.0 Å². The first kappa shape index (κ1) is 8.51. The molecule has 0 saturated carbocycles. The summed E-state index contributed by atoms with van der Waals surface area (Å²) in [4.78, 5) is 0. The summed E-state index contributed by atoms with van der Waals surface area (Å²) in [6.45, 7) is 0.797. The molecule has 70 valence electrons. The lowest BCUT2D eigenvalue weighted by Crippen LogP contribution is -2.27. The van der Waals surface area contributed by atoms with Crippen molar-refractivity contribution in [2.24, 2.45) is 0 Å². The Bertz CT molecular complexity index is 266. The molecule has 1 aliphatic carbocycles. The van der Waals surface area contributed by atoms with Crippen LogP contribution >= 0.6 is 0 Å². The van der Waals surface area contributed by atoms with E-state index in [1.165, 1.54) is 19.3 Å². The zero-order valence-corrected chi connectivity index (χ0v) is 7.57. The van der Waals surface area contributed by atoms with Crippen molar-refractivity contribution in [3.05, 3.63) is 30.2 Å². The van der Waals surface area contributed by atoms with Gasteiger partial charge in [-0.15, -0.1) is 0 Å². The van der Waals surface area contributed by atoms with Gasteiger partial charge in [0.1, 0.15) is 6.26 Å². The van der Waals surface area contributed by atoms with Crippen molar-refractivity contribution in [1.82, 2.24) is 10.5 Å². The van der Waals surface area contributed by atoms with E-state index in [-0.39, 0.29) is 0 Å². The normalized spacial score (nSPS) is 22.0.